The number of rotatable bonds is 8. The van der Waals surface area contributed by atoms with Gasteiger partial charge in [0.15, 0.2) is 0 Å². The van der Waals surface area contributed by atoms with Crippen molar-refractivity contribution in [1.29, 1.82) is 0 Å². The van der Waals surface area contributed by atoms with E-state index in [1.807, 2.05) is 73.8 Å². The van der Waals surface area contributed by atoms with Crippen LogP contribution in [0.4, 0.5) is 0 Å². The lowest BCUT2D eigenvalue weighted by molar-refractivity contribution is 0.126. The topological polar surface area (TPSA) is 49.5 Å². The lowest BCUT2D eigenvalue weighted by atomic mass is 10.1. The van der Waals surface area contributed by atoms with E-state index in [2.05, 4.69) is 10.1 Å². The van der Waals surface area contributed by atoms with Gasteiger partial charge in [0.2, 0.25) is 0 Å². The summed E-state index contributed by atoms with van der Waals surface area (Å²) in [6, 6.07) is 21.8. The zero-order valence-corrected chi connectivity index (χ0v) is 14.5. The molecular weight excluding hydrogens is 312 g/mol. The van der Waals surface area contributed by atoms with E-state index < -0.39 is 6.10 Å². The number of hydrogen-bond acceptors (Lipinski definition) is 4. The van der Waals surface area contributed by atoms with Crippen LogP contribution in [0.5, 0.6) is 0 Å². The number of likely N-dealkylation sites (N-methyl/N-ethyl adjacent to an activating group) is 1. The molecule has 0 saturated heterocycles. The quantitative estimate of drug-likeness (QED) is 0.677. The molecule has 1 aromatic heterocycles. The molecule has 0 fully saturated rings. The van der Waals surface area contributed by atoms with Gasteiger partial charge in [0.25, 0.3) is 0 Å². The lowest BCUT2D eigenvalue weighted by Crippen LogP contribution is -2.26. The SMILES string of the molecule is CN(CCCc1cc(-c2ccccc2)no1)CC(O)c1ccccc1. The number of nitrogens with zero attached hydrogens (tertiary/aromatic N) is 2. The lowest BCUT2D eigenvalue weighted by Gasteiger charge is -2.20. The number of benzene rings is 2. The van der Waals surface area contributed by atoms with Crippen LogP contribution in [-0.2, 0) is 6.42 Å². The smallest absolute Gasteiger partial charge is 0.137 e. The molecule has 3 aromatic rings. The molecule has 0 aliphatic rings. The van der Waals surface area contributed by atoms with Crippen LogP contribution in [0.2, 0.25) is 0 Å². The number of aliphatic hydroxyl groups is 1. The zero-order valence-electron chi connectivity index (χ0n) is 14.5. The van der Waals surface area contributed by atoms with Crippen LogP contribution in [0.25, 0.3) is 11.3 Å². The molecule has 0 aliphatic heterocycles. The Kier molecular flexibility index (Phi) is 5.99. The predicted molar refractivity (Wildman–Crippen MR) is 99.2 cm³/mol. The molecule has 0 bridgehead atoms. The normalized spacial score (nSPS) is 12.4. The largest absolute Gasteiger partial charge is 0.387 e. The summed E-state index contributed by atoms with van der Waals surface area (Å²) in [5.41, 5.74) is 2.90. The maximum absolute atomic E-state index is 10.3. The molecule has 0 spiro atoms. The van der Waals surface area contributed by atoms with Gasteiger partial charge >= 0.3 is 0 Å². The predicted octanol–water partition coefficient (Wildman–Crippen LogP) is 3.94. The second kappa shape index (κ2) is 8.60. The summed E-state index contributed by atoms with van der Waals surface area (Å²) in [6.45, 7) is 1.51. The highest BCUT2D eigenvalue weighted by atomic mass is 16.5. The Balaban J connectivity index is 1.44. The summed E-state index contributed by atoms with van der Waals surface area (Å²) >= 11 is 0. The van der Waals surface area contributed by atoms with Crippen molar-refractivity contribution >= 4 is 0 Å². The van der Waals surface area contributed by atoms with E-state index in [0.717, 1.165) is 42.0 Å². The fourth-order valence-electron chi connectivity index (χ4n) is 2.87. The molecule has 25 heavy (non-hydrogen) atoms. The van der Waals surface area contributed by atoms with E-state index >= 15 is 0 Å². The molecule has 0 amide bonds. The molecule has 1 unspecified atom stereocenters. The van der Waals surface area contributed by atoms with Crippen molar-refractivity contribution in [3.05, 3.63) is 78.1 Å². The Bertz CT molecular complexity index is 756. The van der Waals surface area contributed by atoms with Crippen LogP contribution in [0, 0.1) is 0 Å². The summed E-state index contributed by atoms with van der Waals surface area (Å²) < 4.78 is 5.43. The van der Waals surface area contributed by atoms with Gasteiger partial charge in [0.1, 0.15) is 11.5 Å². The van der Waals surface area contributed by atoms with Gasteiger partial charge in [0.05, 0.1) is 6.10 Å². The molecule has 0 saturated carbocycles. The van der Waals surface area contributed by atoms with Crippen LogP contribution >= 0.6 is 0 Å². The van der Waals surface area contributed by atoms with E-state index in [1.54, 1.807) is 0 Å². The van der Waals surface area contributed by atoms with Crippen LogP contribution < -0.4 is 0 Å². The fourth-order valence-corrected chi connectivity index (χ4v) is 2.87. The third kappa shape index (κ3) is 5.02. The summed E-state index contributed by atoms with van der Waals surface area (Å²) in [5.74, 6) is 0.899. The molecule has 1 N–H and O–H groups in total. The van der Waals surface area contributed by atoms with Crippen LogP contribution in [0.15, 0.2) is 71.3 Å². The average Bonchev–Trinajstić information content (AvgIpc) is 3.12. The second-order valence-electron chi connectivity index (χ2n) is 6.34. The van der Waals surface area contributed by atoms with Gasteiger partial charge in [-0.15, -0.1) is 0 Å². The molecule has 3 rings (SSSR count). The number of hydrogen-bond donors (Lipinski definition) is 1. The highest BCUT2D eigenvalue weighted by Crippen LogP contribution is 2.19. The third-order valence-corrected chi connectivity index (χ3v) is 4.26. The fraction of sp³-hybridized carbons (Fsp3) is 0.286. The molecule has 1 heterocycles. The molecular formula is C21H24N2O2. The van der Waals surface area contributed by atoms with Crippen molar-refractivity contribution in [2.24, 2.45) is 0 Å². The van der Waals surface area contributed by atoms with Crippen molar-refractivity contribution in [3.8, 4) is 11.3 Å². The minimum absolute atomic E-state index is 0.457. The van der Waals surface area contributed by atoms with E-state index in [-0.39, 0.29) is 0 Å². The molecule has 0 radical (unpaired) electrons. The summed E-state index contributed by atoms with van der Waals surface area (Å²) in [4.78, 5) is 2.14. The molecule has 0 aliphatic carbocycles. The second-order valence-corrected chi connectivity index (χ2v) is 6.34. The third-order valence-electron chi connectivity index (χ3n) is 4.26. The zero-order chi connectivity index (χ0) is 17.5. The first-order chi connectivity index (χ1) is 12.2. The van der Waals surface area contributed by atoms with Gasteiger partial charge in [0, 0.05) is 24.6 Å². The number of aromatic nitrogens is 1. The monoisotopic (exact) mass is 336 g/mol. The Morgan fingerprint density at radius 3 is 2.44 bits per heavy atom. The first-order valence-electron chi connectivity index (χ1n) is 8.65. The number of aryl methyl sites for hydroxylation is 1. The van der Waals surface area contributed by atoms with Crippen LogP contribution in [0.3, 0.4) is 0 Å². The summed E-state index contributed by atoms with van der Waals surface area (Å²) in [7, 11) is 2.03. The van der Waals surface area contributed by atoms with Gasteiger partial charge in [-0.1, -0.05) is 65.8 Å². The Labute approximate surface area is 148 Å². The van der Waals surface area contributed by atoms with E-state index in [1.165, 1.54) is 0 Å². The maximum Gasteiger partial charge on any atom is 0.137 e. The van der Waals surface area contributed by atoms with Crippen molar-refractivity contribution in [2.45, 2.75) is 18.9 Å². The Morgan fingerprint density at radius 1 is 1.04 bits per heavy atom. The van der Waals surface area contributed by atoms with Gasteiger partial charge < -0.3 is 14.5 Å². The van der Waals surface area contributed by atoms with E-state index in [9.17, 15) is 5.11 Å². The van der Waals surface area contributed by atoms with Crippen molar-refractivity contribution in [2.75, 3.05) is 20.1 Å². The Morgan fingerprint density at radius 2 is 1.72 bits per heavy atom. The van der Waals surface area contributed by atoms with Crippen molar-refractivity contribution < 1.29 is 9.63 Å². The molecule has 2 aromatic carbocycles. The van der Waals surface area contributed by atoms with Gasteiger partial charge in [-0.2, -0.15) is 0 Å². The van der Waals surface area contributed by atoms with E-state index in [0.29, 0.717) is 6.54 Å². The van der Waals surface area contributed by atoms with Crippen LogP contribution in [-0.4, -0.2) is 35.3 Å². The molecule has 1 atom stereocenters. The van der Waals surface area contributed by atoms with Crippen LogP contribution in [0.1, 0.15) is 23.8 Å². The first-order valence-corrected chi connectivity index (χ1v) is 8.65. The molecule has 4 nitrogen and oxygen atoms in total. The summed E-state index contributed by atoms with van der Waals surface area (Å²) in [6.07, 6.45) is 1.34. The highest BCUT2D eigenvalue weighted by molar-refractivity contribution is 5.58. The standard InChI is InChI=1S/C21H24N2O2/c1-23(16-21(24)18-11-6-3-7-12-18)14-8-13-19-15-20(22-25-19)17-9-4-2-5-10-17/h2-7,9-12,15,21,24H,8,13-14,16H2,1H3. The maximum atomic E-state index is 10.3. The first kappa shape index (κ1) is 17.4. The molecule has 4 heteroatoms. The average molecular weight is 336 g/mol. The minimum atomic E-state index is -0.457. The van der Waals surface area contributed by atoms with Crippen molar-refractivity contribution in [1.82, 2.24) is 10.1 Å². The van der Waals surface area contributed by atoms with Gasteiger partial charge in [-0.05, 0) is 25.6 Å². The number of aliphatic hydroxyl groups excluding tert-OH is 1. The minimum Gasteiger partial charge on any atom is -0.387 e. The van der Waals surface area contributed by atoms with Crippen molar-refractivity contribution in [3.63, 3.8) is 0 Å². The Hall–Kier alpha value is -2.43. The van der Waals surface area contributed by atoms with Gasteiger partial charge in [-0.25, -0.2) is 0 Å². The van der Waals surface area contributed by atoms with Gasteiger partial charge in [-0.3, -0.25) is 0 Å². The summed E-state index contributed by atoms with van der Waals surface area (Å²) in [5, 5.41) is 14.4. The molecule has 130 valence electrons. The van der Waals surface area contributed by atoms with E-state index in [4.69, 9.17) is 4.52 Å². The highest BCUT2D eigenvalue weighted by Gasteiger charge is 2.11.